The lowest BCUT2D eigenvalue weighted by atomic mass is 9.88. The first-order chi connectivity index (χ1) is 9.29. The molecule has 0 saturated heterocycles. The van der Waals surface area contributed by atoms with E-state index in [0.717, 1.165) is 10.9 Å². The number of nitrogens with zero attached hydrogens (tertiary/aromatic N) is 1. The van der Waals surface area contributed by atoms with Crippen molar-refractivity contribution >= 4 is 22.5 Å². The SMILES string of the molecule is CC(NC(=O)c1cc(N)c2ccccc2n1)C(C)(C)C. The second-order valence-electron chi connectivity index (χ2n) is 6.18. The Balaban J connectivity index is 2.31. The number of carbonyl (C=O) groups is 1. The summed E-state index contributed by atoms with van der Waals surface area (Å²) < 4.78 is 0. The lowest BCUT2D eigenvalue weighted by Gasteiger charge is -2.27. The molecular weight excluding hydrogens is 250 g/mol. The highest BCUT2D eigenvalue weighted by molar-refractivity contribution is 5.99. The third-order valence-electron chi connectivity index (χ3n) is 3.63. The molecule has 0 bridgehead atoms. The van der Waals surface area contributed by atoms with Crippen LogP contribution in [0.1, 0.15) is 38.2 Å². The minimum absolute atomic E-state index is 0.00193. The maximum atomic E-state index is 12.3. The van der Waals surface area contributed by atoms with Crippen LogP contribution in [0.2, 0.25) is 0 Å². The minimum Gasteiger partial charge on any atom is -0.398 e. The first-order valence-corrected chi connectivity index (χ1v) is 6.75. The van der Waals surface area contributed by atoms with E-state index in [1.54, 1.807) is 6.07 Å². The summed E-state index contributed by atoms with van der Waals surface area (Å²) in [6.45, 7) is 8.24. The smallest absolute Gasteiger partial charge is 0.270 e. The summed E-state index contributed by atoms with van der Waals surface area (Å²) >= 11 is 0. The first kappa shape index (κ1) is 14.3. The van der Waals surface area contributed by atoms with Crippen molar-refractivity contribution in [1.82, 2.24) is 10.3 Å². The predicted molar refractivity (Wildman–Crippen MR) is 82.5 cm³/mol. The molecule has 1 heterocycles. The number of amides is 1. The number of nitrogen functional groups attached to an aromatic ring is 1. The first-order valence-electron chi connectivity index (χ1n) is 6.75. The van der Waals surface area contributed by atoms with Crippen molar-refractivity contribution < 1.29 is 4.79 Å². The van der Waals surface area contributed by atoms with Gasteiger partial charge in [-0.2, -0.15) is 0 Å². The van der Waals surface area contributed by atoms with E-state index in [-0.39, 0.29) is 17.4 Å². The fraction of sp³-hybridized carbons (Fsp3) is 0.375. The molecule has 3 N–H and O–H groups in total. The third-order valence-corrected chi connectivity index (χ3v) is 3.63. The average molecular weight is 271 g/mol. The zero-order valence-electron chi connectivity index (χ0n) is 12.4. The standard InChI is InChI=1S/C16H21N3O/c1-10(16(2,3)4)18-15(20)14-9-12(17)11-7-5-6-8-13(11)19-14/h5-10H,1-4H3,(H2,17,19)(H,18,20). The Morgan fingerprint density at radius 1 is 1.30 bits per heavy atom. The van der Waals surface area contributed by atoms with E-state index in [4.69, 9.17) is 5.73 Å². The molecule has 20 heavy (non-hydrogen) atoms. The van der Waals surface area contributed by atoms with Gasteiger partial charge in [-0.1, -0.05) is 39.0 Å². The molecular formula is C16H21N3O. The van der Waals surface area contributed by atoms with Gasteiger partial charge in [0.05, 0.1) is 5.52 Å². The summed E-state index contributed by atoms with van der Waals surface area (Å²) in [5.41, 5.74) is 7.66. The normalized spacial score (nSPS) is 13.2. The summed E-state index contributed by atoms with van der Waals surface area (Å²) in [7, 11) is 0. The fourth-order valence-electron chi connectivity index (χ4n) is 1.81. The molecule has 1 amide bonds. The highest BCUT2D eigenvalue weighted by atomic mass is 16.1. The molecule has 4 heteroatoms. The Hall–Kier alpha value is -2.10. The van der Waals surface area contributed by atoms with Crippen LogP contribution in [0, 0.1) is 5.41 Å². The molecule has 4 nitrogen and oxygen atoms in total. The van der Waals surface area contributed by atoms with Crippen molar-refractivity contribution in [1.29, 1.82) is 0 Å². The van der Waals surface area contributed by atoms with Gasteiger partial charge in [-0.3, -0.25) is 4.79 Å². The average Bonchev–Trinajstić information content (AvgIpc) is 2.37. The predicted octanol–water partition coefficient (Wildman–Crippen LogP) is 2.98. The summed E-state index contributed by atoms with van der Waals surface area (Å²) in [6.07, 6.45) is 0. The molecule has 0 spiro atoms. The molecule has 0 aliphatic rings. The monoisotopic (exact) mass is 271 g/mol. The molecule has 0 aliphatic carbocycles. The Morgan fingerprint density at radius 3 is 2.60 bits per heavy atom. The number of pyridine rings is 1. The Kier molecular flexibility index (Phi) is 3.66. The number of hydrogen-bond donors (Lipinski definition) is 2. The third kappa shape index (κ3) is 2.90. The zero-order chi connectivity index (χ0) is 14.9. The molecule has 0 saturated carbocycles. The number of nitrogens with one attached hydrogen (secondary N) is 1. The van der Waals surface area contributed by atoms with Crippen LogP contribution in [-0.4, -0.2) is 16.9 Å². The molecule has 106 valence electrons. The van der Waals surface area contributed by atoms with Gasteiger partial charge < -0.3 is 11.1 Å². The van der Waals surface area contributed by atoms with Gasteiger partial charge in [0.15, 0.2) is 0 Å². The number of anilines is 1. The number of nitrogens with two attached hydrogens (primary N) is 1. The largest absolute Gasteiger partial charge is 0.398 e. The van der Waals surface area contributed by atoms with Gasteiger partial charge in [0, 0.05) is 17.1 Å². The Labute approximate surface area is 119 Å². The van der Waals surface area contributed by atoms with Gasteiger partial charge in [-0.25, -0.2) is 4.98 Å². The topological polar surface area (TPSA) is 68.0 Å². The molecule has 0 fully saturated rings. The van der Waals surface area contributed by atoms with Gasteiger partial charge >= 0.3 is 0 Å². The van der Waals surface area contributed by atoms with Crippen molar-refractivity contribution in [3.8, 4) is 0 Å². The molecule has 0 radical (unpaired) electrons. The van der Waals surface area contributed by atoms with Crippen LogP contribution >= 0.6 is 0 Å². The summed E-state index contributed by atoms with van der Waals surface area (Å²) in [6, 6.07) is 9.22. The molecule has 1 aromatic heterocycles. The van der Waals surface area contributed by atoms with Crippen LogP contribution < -0.4 is 11.1 Å². The van der Waals surface area contributed by atoms with Crippen LogP contribution in [0.4, 0.5) is 5.69 Å². The van der Waals surface area contributed by atoms with Crippen molar-refractivity contribution in [2.45, 2.75) is 33.7 Å². The molecule has 1 atom stereocenters. The van der Waals surface area contributed by atoms with Crippen LogP contribution in [0.3, 0.4) is 0 Å². The lowest BCUT2D eigenvalue weighted by Crippen LogP contribution is -2.41. The van der Waals surface area contributed by atoms with E-state index in [2.05, 4.69) is 31.1 Å². The molecule has 2 rings (SSSR count). The minimum atomic E-state index is -0.190. The van der Waals surface area contributed by atoms with E-state index in [1.807, 2.05) is 31.2 Å². The van der Waals surface area contributed by atoms with Gasteiger partial charge in [0.1, 0.15) is 5.69 Å². The van der Waals surface area contributed by atoms with E-state index in [1.165, 1.54) is 0 Å². The van der Waals surface area contributed by atoms with Crippen molar-refractivity contribution in [3.05, 3.63) is 36.0 Å². The molecule has 2 aromatic rings. The maximum Gasteiger partial charge on any atom is 0.270 e. The van der Waals surface area contributed by atoms with Crippen molar-refractivity contribution in [2.24, 2.45) is 5.41 Å². The van der Waals surface area contributed by atoms with Crippen LogP contribution in [0.15, 0.2) is 30.3 Å². The van der Waals surface area contributed by atoms with Gasteiger partial charge in [0.25, 0.3) is 5.91 Å². The Bertz CT molecular complexity index is 644. The molecule has 1 unspecified atom stereocenters. The summed E-state index contributed by atoms with van der Waals surface area (Å²) in [5, 5.41) is 3.84. The number of hydrogen-bond acceptors (Lipinski definition) is 3. The highest BCUT2D eigenvalue weighted by Gasteiger charge is 2.23. The number of aromatic nitrogens is 1. The van der Waals surface area contributed by atoms with Crippen LogP contribution in [-0.2, 0) is 0 Å². The Morgan fingerprint density at radius 2 is 1.95 bits per heavy atom. The fourth-order valence-corrected chi connectivity index (χ4v) is 1.81. The van der Waals surface area contributed by atoms with Gasteiger partial charge in [-0.05, 0) is 24.5 Å². The second-order valence-corrected chi connectivity index (χ2v) is 6.18. The van der Waals surface area contributed by atoms with Crippen molar-refractivity contribution in [3.63, 3.8) is 0 Å². The zero-order valence-corrected chi connectivity index (χ0v) is 12.4. The van der Waals surface area contributed by atoms with E-state index in [9.17, 15) is 4.79 Å². The van der Waals surface area contributed by atoms with Crippen molar-refractivity contribution in [2.75, 3.05) is 5.73 Å². The maximum absolute atomic E-state index is 12.3. The summed E-state index contributed by atoms with van der Waals surface area (Å²) in [5.74, 6) is -0.190. The van der Waals surface area contributed by atoms with Gasteiger partial charge in [-0.15, -0.1) is 0 Å². The second kappa shape index (κ2) is 5.12. The highest BCUT2D eigenvalue weighted by Crippen LogP contribution is 2.21. The lowest BCUT2D eigenvalue weighted by molar-refractivity contribution is 0.0905. The summed E-state index contributed by atoms with van der Waals surface area (Å²) in [4.78, 5) is 16.6. The molecule has 0 aliphatic heterocycles. The van der Waals surface area contributed by atoms with Gasteiger partial charge in [0.2, 0.25) is 0 Å². The number of carbonyl (C=O) groups excluding carboxylic acids is 1. The number of benzene rings is 1. The molecule has 1 aromatic carbocycles. The van der Waals surface area contributed by atoms with Crippen LogP contribution in [0.5, 0.6) is 0 Å². The number of para-hydroxylation sites is 1. The van der Waals surface area contributed by atoms with E-state index in [0.29, 0.717) is 11.4 Å². The number of fused-ring (bicyclic) bond motifs is 1. The van der Waals surface area contributed by atoms with Crippen LogP contribution in [0.25, 0.3) is 10.9 Å². The number of rotatable bonds is 2. The quantitative estimate of drug-likeness (QED) is 0.882. The van der Waals surface area contributed by atoms with E-state index < -0.39 is 0 Å². The van der Waals surface area contributed by atoms with E-state index >= 15 is 0 Å².